The van der Waals surface area contributed by atoms with Crippen LogP contribution in [-0.4, -0.2) is 22.5 Å². The van der Waals surface area contributed by atoms with Crippen molar-refractivity contribution < 1.29 is 13.5 Å². The van der Waals surface area contributed by atoms with Gasteiger partial charge in [-0.15, -0.1) is 0 Å². The first-order valence-electron chi connectivity index (χ1n) is 6.41. The van der Waals surface area contributed by atoms with Crippen molar-refractivity contribution in [1.29, 1.82) is 0 Å². The maximum atomic E-state index is 12.7. The number of pyridine rings is 1. The van der Waals surface area contributed by atoms with Gasteiger partial charge in [0.1, 0.15) is 4.90 Å². The van der Waals surface area contributed by atoms with E-state index in [1.54, 1.807) is 24.4 Å². The maximum Gasteiger partial charge on any atom is 0.269 e. The van der Waals surface area contributed by atoms with E-state index in [9.17, 15) is 13.5 Å². The average molecular weight is 302 g/mol. The quantitative estimate of drug-likeness (QED) is 0.804. The molecule has 0 fully saturated rings. The summed E-state index contributed by atoms with van der Waals surface area (Å²) in [6, 6.07) is 8.40. The van der Waals surface area contributed by atoms with Crippen LogP contribution in [-0.2, 0) is 16.6 Å². The highest BCUT2D eigenvalue weighted by atomic mass is 32.2. The van der Waals surface area contributed by atoms with Crippen LogP contribution in [0.5, 0.6) is 0 Å². The van der Waals surface area contributed by atoms with E-state index in [1.807, 2.05) is 13.0 Å². The van der Waals surface area contributed by atoms with Crippen LogP contribution in [0, 0.1) is 6.92 Å². The Morgan fingerprint density at radius 2 is 2.10 bits per heavy atom. The van der Waals surface area contributed by atoms with Gasteiger partial charge in [0.15, 0.2) is 0 Å². The minimum absolute atomic E-state index is 0.132. The van der Waals surface area contributed by atoms with Gasteiger partial charge in [0.2, 0.25) is 0 Å². The normalized spacial score (nSPS) is 11.9. The van der Waals surface area contributed by atoms with Crippen molar-refractivity contribution in [3.05, 3.63) is 60.0 Å². The molecule has 0 atom stereocenters. The molecule has 5 nitrogen and oxygen atoms in total. The molecule has 0 bridgehead atoms. The zero-order valence-corrected chi connectivity index (χ0v) is 12.2. The van der Waals surface area contributed by atoms with Gasteiger partial charge in [-0.1, -0.05) is 12.1 Å². The summed E-state index contributed by atoms with van der Waals surface area (Å²) in [5.74, 6) is 0. The second-order valence-electron chi connectivity index (χ2n) is 4.81. The molecule has 1 N–H and O–H groups in total. The number of rotatable bonds is 3. The Bertz CT molecular complexity index is 899. The van der Waals surface area contributed by atoms with E-state index in [4.69, 9.17) is 0 Å². The smallest absolute Gasteiger partial charge is 0.269 e. The summed E-state index contributed by atoms with van der Waals surface area (Å²) in [6.45, 7) is 1.73. The molecule has 1 aromatic carbocycles. The highest BCUT2D eigenvalue weighted by molar-refractivity contribution is 7.90. The summed E-state index contributed by atoms with van der Waals surface area (Å²) in [5, 5.41) is 10.1. The van der Waals surface area contributed by atoms with Crippen molar-refractivity contribution in [2.45, 2.75) is 18.4 Å². The predicted octanol–water partition coefficient (Wildman–Crippen LogP) is 2.07. The van der Waals surface area contributed by atoms with Crippen LogP contribution < -0.4 is 0 Å². The summed E-state index contributed by atoms with van der Waals surface area (Å²) in [7, 11) is -3.70. The number of aromatic nitrogens is 2. The van der Waals surface area contributed by atoms with E-state index in [1.165, 1.54) is 22.4 Å². The monoisotopic (exact) mass is 302 g/mol. The Hall–Kier alpha value is -2.18. The lowest BCUT2D eigenvalue weighted by Gasteiger charge is -2.07. The van der Waals surface area contributed by atoms with E-state index < -0.39 is 10.0 Å². The molecule has 0 unspecified atom stereocenters. The molecule has 2 aromatic heterocycles. The second-order valence-corrected chi connectivity index (χ2v) is 6.63. The summed E-state index contributed by atoms with van der Waals surface area (Å²) in [5.41, 5.74) is 2.09. The third-order valence-corrected chi connectivity index (χ3v) is 5.07. The van der Waals surface area contributed by atoms with Gasteiger partial charge in [-0.25, -0.2) is 12.4 Å². The predicted molar refractivity (Wildman–Crippen MR) is 79.4 cm³/mol. The standard InChI is InChI=1S/C15H14N2O3S/c1-11-9-17(15-7-12(10-18)4-5-14(11)15)21(19,20)13-3-2-6-16-8-13/h2-9,18H,10H2,1H3. The van der Waals surface area contributed by atoms with Gasteiger partial charge < -0.3 is 5.11 Å². The van der Waals surface area contributed by atoms with E-state index >= 15 is 0 Å². The topological polar surface area (TPSA) is 72.2 Å². The Balaban J connectivity index is 2.30. The van der Waals surface area contributed by atoms with Crippen molar-refractivity contribution in [2.75, 3.05) is 0 Å². The number of nitrogens with zero attached hydrogens (tertiary/aromatic N) is 2. The van der Waals surface area contributed by atoms with Crippen molar-refractivity contribution in [3.8, 4) is 0 Å². The fourth-order valence-corrected chi connectivity index (χ4v) is 3.70. The Morgan fingerprint density at radius 3 is 2.76 bits per heavy atom. The first kappa shape index (κ1) is 13.8. The molecule has 3 aromatic rings. The summed E-state index contributed by atoms with van der Waals surface area (Å²) in [4.78, 5) is 4.00. The van der Waals surface area contributed by atoms with Gasteiger partial charge in [-0.2, -0.15) is 0 Å². The van der Waals surface area contributed by atoms with Gasteiger partial charge in [-0.3, -0.25) is 4.98 Å². The number of hydrogen-bond acceptors (Lipinski definition) is 4. The number of benzene rings is 1. The molecule has 0 amide bonds. The Labute approximate surface area is 122 Å². The lowest BCUT2D eigenvalue weighted by molar-refractivity contribution is 0.282. The first-order valence-corrected chi connectivity index (χ1v) is 7.85. The fourth-order valence-electron chi connectivity index (χ4n) is 2.32. The molecule has 0 aliphatic carbocycles. The summed E-state index contributed by atoms with van der Waals surface area (Å²) < 4.78 is 26.7. The summed E-state index contributed by atoms with van der Waals surface area (Å²) in [6.07, 6.45) is 4.45. The molecule has 0 saturated heterocycles. The number of fused-ring (bicyclic) bond motifs is 1. The van der Waals surface area contributed by atoms with Gasteiger partial charge in [0.05, 0.1) is 12.1 Å². The number of aliphatic hydroxyl groups excluding tert-OH is 1. The van der Waals surface area contributed by atoms with Crippen LogP contribution in [0.4, 0.5) is 0 Å². The number of aryl methyl sites for hydroxylation is 1. The largest absolute Gasteiger partial charge is 0.392 e. The highest BCUT2D eigenvalue weighted by Gasteiger charge is 2.20. The fraction of sp³-hybridized carbons (Fsp3) is 0.133. The van der Waals surface area contributed by atoms with Crippen molar-refractivity contribution in [2.24, 2.45) is 0 Å². The highest BCUT2D eigenvalue weighted by Crippen LogP contribution is 2.26. The minimum Gasteiger partial charge on any atom is -0.392 e. The molecule has 0 saturated carbocycles. The van der Waals surface area contributed by atoms with Crippen LogP contribution in [0.15, 0.2) is 53.8 Å². The van der Waals surface area contributed by atoms with E-state index in [0.717, 1.165) is 10.9 Å². The molecule has 6 heteroatoms. The SMILES string of the molecule is Cc1cn(S(=O)(=O)c2cccnc2)c2cc(CO)ccc12. The molecule has 0 aliphatic rings. The van der Waals surface area contributed by atoms with Gasteiger partial charge in [0, 0.05) is 24.0 Å². The zero-order valence-electron chi connectivity index (χ0n) is 11.4. The molecule has 0 aliphatic heterocycles. The third-order valence-electron chi connectivity index (χ3n) is 3.41. The van der Waals surface area contributed by atoms with Gasteiger partial charge >= 0.3 is 0 Å². The van der Waals surface area contributed by atoms with Crippen molar-refractivity contribution in [3.63, 3.8) is 0 Å². The number of aliphatic hydroxyl groups is 1. The van der Waals surface area contributed by atoms with E-state index in [-0.39, 0.29) is 11.5 Å². The molecule has 0 radical (unpaired) electrons. The molecule has 0 spiro atoms. The zero-order chi connectivity index (χ0) is 15.0. The first-order chi connectivity index (χ1) is 10.0. The molecular formula is C15H14N2O3S. The molecule has 21 heavy (non-hydrogen) atoms. The van der Waals surface area contributed by atoms with E-state index in [2.05, 4.69) is 4.98 Å². The van der Waals surface area contributed by atoms with Gasteiger partial charge in [-0.05, 0) is 36.2 Å². The van der Waals surface area contributed by atoms with E-state index in [0.29, 0.717) is 11.1 Å². The van der Waals surface area contributed by atoms with Crippen molar-refractivity contribution >= 4 is 20.9 Å². The van der Waals surface area contributed by atoms with Crippen LogP contribution >= 0.6 is 0 Å². The van der Waals surface area contributed by atoms with Crippen LogP contribution in [0.3, 0.4) is 0 Å². The van der Waals surface area contributed by atoms with Crippen molar-refractivity contribution in [1.82, 2.24) is 8.96 Å². The average Bonchev–Trinajstić information content (AvgIpc) is 2.85. The molecule has 108 valence electrons. The minimum atomic E-state index is -3.70. The molecule has 3 rings (SSSR count). The Kier molecular flexibility index (Phi) is 3.27. The lowest BCUT2D eigenvalue weighted by atomic mass is 10.1. The number of hydrogen-bond donors (Lipinski definition) is 1. The van der Waals surface area contributed by atoms with Crippen LogP contribution in [0.25, 0.3) is 10.9 Å². The lowest BCUT2D eigenvalue weighted by Crippen LogP contribution is -2.12. The molecular weight excluding hydrogens is 288 g/mol. The summed E-state index contributed by atoms with van der Waals surface area (Å²) >= 11 is 0. The van der Waals surface area contributed by atoms with Crippen LogP contribution in [0.2, 0.25) is 0 Å². The van der Waals surface area contributed by atoms with Crippen LogP contribution in [0.1, 0.15) is 11.1 Å². The molecule has 2 heterocycles. The second kappa shape index (κ2) is 4.98. The maximum absolute atomic E-state index is 12.7. The Morgan fingerprint density at radius 1 is 1.29 bits per heavy atom. The van der Waals surface area contributed by atoms with Gasteiger partial charge in [0.25, 0.3) is 10.0 Å². The third kappa shape index (κ3) is 2.22.